The Morgan fingerprint density at radius 1 is 1.57 bits per heavy atom. The van der Waals surface area contributed by atoms with Gasteiger partial charge in [0, 0.05) is 11.1 Å². The fourth-order valence-electron chi connectivity index (χ4n) is 1.42. The Hall–Kier alpha value is -0.790. The average molecular weight is 210 g/mol. The van der Waals surface area contributed by atoms with Crippen LogP contribution in [-0.4, -0.2) is 12.6 Å². The molecule has 0 amide bonds. The minimum absolute atomic E-state index is 0.332. The summed E-state index contributed by atoms with van der Waals surface area (Å²) in [5.41, 5.74) is 1.24. The van der Waals surface area contributed by atoms with Crippen molar-refractivity contribution in [3.8, 4) is 0 Å². The van der Waals surface area contributed by atoms with Crippen LogP contribution in [0.5, 0.6) is 0 Å². The lowest BCUT2D eigenvalue weighted by Gasteiger charge is -2.13. The van der Waals surface area contributed by atoms with Crippen LogP contribution >= 0.6 is 11.6 Å². The van der Waals surface area contributed by atoms with Crippen LogP contribution < -0.4 is 5.32 Å². The van der Waals surface area contributed by atoms with Gasteiger partial charge in [-0.2, -0.15) is 0 Å². The van der Waals surface area contributed by atoms with Crippen molar-refractivity contribution in [2.45, 2.75) is 19.4 Å². The van der Waals surface area contributed by atoms with Crippen molar-refractivity contribution in [1.29, 1.82) is 0 Å². The monoisotopic (exact) mass is 209 g/mol. The molecule has 0 spiro atoms. The van der Waals surface area contributed by atoms with E-state index in [2.05, 4.69) is 24.9 Å². The van der Waals surface area contributed by atoms with Gasteiger partial charge in [-0.05, 0) is 30.7 Å². The van der Waals surface area contributed by atoms with Crippen LogP contribution in [0.1, 0.15) is 12.5 Å². The standard InChI is InChI=1S/C12H16ClN/c1-3-12(14-4-2)9-10-6-5-7-11(13)8-10/h3,5-8,12,14H,1,4,9H2,2H3. The van der Waals surface area contributed by atoms with E-state index in [1.54, 1.807) is 0 Å². The van der Waals surface area contributed by atoms with E-state index in [0.29, 0.717) is 6.04 Å². The van der Waals surface area contributed by atoms with Crippen LogP contribution in [0.25, 0.3) is 0 Å². The van der Waals surface area contributed by atoms with Crippen LogP contribution in [0, 0.1) is 0 Å². The topological polar surface area (TPSA) is 12.0 Å². The molecule has 0 aliphatic carbocycles. The molecule has 1 unspecified atom stereocenters. The summed E-state index contributed by atoms with van der Waals surface area (Å²) < 4.78 is 0. The number of halogens is 1. The van der Waals surface area contributed by atoms with Crippen molar-refractivity contribution >= 4 is 11.6 Å². The normalized spacial score (nSPS) is 12.4. The Morgan fingerprint density at radius 3 is 2.93 bits per heavy atom. The first kappa shape index (κ1) is 11.3. The molecule has 1 atom stereocenters. The van der Waals surface area contributed by atoms with E-state index in [9.17, 15) is 0 Å². The highest BCUT2D eigenvalue weighted by molar-refractivity contribution is 6.30. The van der Waals surface area contributed by atoms with Gasteiger partial charge in [0.25, 0.3) is 0 Å². The highest BCUT2D eigenvalue weighted by Crippen LogP contribution is 2.12. The number of rotatable bonds is 5. The van der Waals surface area contributed by atoms with Gasteiger partial charge in [-0.1, -0.05) is 36.7 Å². The van der Waals surface area contributed by atoms with Crippen molar-refractivity contribution in [3.05, 3.63) is 47.5 Å². The van der Waals surface area contributed by atoms with E-state index in [1.807, 2.05) is 24.3 Å². The van der Waals surface area contributed by atoms with E-state index in [4.69, 9.17) is 11.6 Å². The van der Waals surface area contributed by atoms with Crippen LogP contribution in [0.3, 0.4) is 0 Å². The maximum absolute atomic E-state index is 5.90. The Morgan fingerprint density at radius 2 is 2.36 bits per heavy atom. The highest BCUT2D eigenvalue weighted by atomic mass is 35.5. The summed E-state index contributed by atoms with van der Waals surface area (Å²) in [6.07, 6.45) is 2.88. The van der Waals surface area contributed by atoms with Gasteiger partial charge < -0.3 is 5.32 Å². The van der Waals surface area contributed by atoms with Gasteiger partial charge in [0.15, 0.2) is 0 Å². The number of likely N-dealkylation sites (N-methyl/N-ethyl adjacent to an activating group) is 1. The lowest BCUT2D eigenvalue weighted by atomic mass is 10.1. The smallest absolute Gasteiger partial charge is 0.0408 e. The third kappa shape index (κ3) is 3.52. The molecule has 0 bridgehead atoms. The molecule has 2 heteroatoms. The third-order valence-electron chi connectivity index (χ3n) is 2.10. The Balaban J connectivity index is 2.62. The minimum Gasteiger partial charge on any atom is -0.310 e. The molecule has 0 aliphatic rings. The second kappa shape index (κ2) is 5.84. The van der Waals surface area contributed by atoms with E-state index in [1.165, 1.54) is 5.56 Å². The third-order valence-corrected chi connectivity index (χ3v) is 2.33. The molecular weight excluding hydrogens is 194 g/mol. The van der Waals surface area contributed by atoms with Crippen LogP contribution in [0.4, 0.5) is 0 Å². The number of hydrogen-bond donors (Lipinski definition) is 1. The average Bonchev–Trinajstić information content (AvgIpc) is 2.17. The minimum atomic E-state index is 0.332. The van der Waals surface area contributed by atoms with Crippen LogP contribution in [-0.2, 0) is 6.42 Å². The molecule has 76 valence electrons. The maximum atomic E-state index is 5.90. The van der Waals surface area contributed by atoms with Crippen molar-refractivity contribution in [1.82, 2.24) is 5.32 Å². The Labute approximate surface area is 90.8 Å². The van der Waals surface area contributed by atoms with Gasteiger partial charge in [0.1, 0.15) is 0 Å². The molecule has 1 aromatic carbocycles. The molecule has 0 heterocycles. The lowest BCUT2D eigenvalue weighted by Crippen LogP contribution is -2.28. The van der Waals surface area contributed by atoms with E-state index < -0.39 is 0 Å². The van der Waals surface area contributed by atoms with Gasteiger partial charge in [0.05, 0.1) is 0 Å². The molecule has 0 saturated carbocycles. The predicted molar refractivity (Wildman–Crippen MR) is 62.8 cm³/mol. The molecule has 1 nitrogen and oxygen atoms in total. The first-order chi connectivity index (χ1) is 6.76. The molecular formula is C12H16ClN. The summed E-state index contributed by atoms with van der Waals surface area (Å²) in [4.78, 5) is 0. The van der Waals surface area contributed by atoms with E-state index in [0.717, 1.165) is 18.0 Å². The molecule has 0 aromatic heterocycles. The van der Waals surface area contributed by atoms with E-state index >= 15 is 0 Å². The molecule has 0 fully saturated rings. The largest absolute Gasteiger partial charge is 0.310 e. The first-order valence-corrected chi connectivity index (χ1v) is 5.24. The van der Waals surface area contributed by atoms with Gasteiger partial charge in [-0.3, -0.25) is 0 Å². The Bertz CT molecular complexity index is 296. The number of nitrogens with one attached hydrogen (secondary N) is 1. The zero-order valence-corrected chi connectivity index (χ0v) is 9.22. The second-order valence-corrected chi connectivity index (χ2v) is 3.67. The summed E-state index contributed by atoms with van der Waals surface area (Å²) in [5, 5.41) is 4.13. The zero-order valence-electron chi connectivity index (χ0n) is 8.46. The fourth-order valence-corrected chi connectivity index (χ4v) is 1.63. The SMILES string of the molecule is C=CC(Cc1cccc(Cl)c1)NCC. The summed E-state index contributed by atoms with van der Waals surface area (Å²) in [6, 6.07) is 8.28. The lowest BCUT2D eigenvalue weighted by molar-refractivity contribution is 0.613. The number of benzene rings is 1. The molecule has 1 N–H and O–H groups in total. The Kier molecular flexibility index (Phi) is 4.71. The van der Waals surface area contributed by atoms with Crippen LogP contribution in [0.15, 0.2) is 36.9 Å². The molecule has 0 aliphatic heterocycles. The number of hydrogen-bond acceptors (Lipinski definition) is 1. The van der Waals surface area contributed by atoms with Gasteiger partial charge in [-0.25, -0.2) is 0 Å². The van der Waals surface area contributed by atoms with Gasteiger partial charge >= 0.3 is 0 Å². The summed E-state index contributed by atoms with van der Waals surface area (Å²) in [7, 11) is 0. The van der Waals surface area contributed by atoms with Gasteiger partial charge in [-0.15, -0.1) is 6.58 Å². The quantitative estimate of drug-likeness (QED) is 0.736. The summed E-state index contributed by atoms with van der Waals surface area (Å²) in [6.45, 7) is 6.85. The predicted octanol–water partition coefficient (Wildman–Crippen LogP) is 3.05. The van der Waals surface area contributed by atoms with E-state index in [-0.39, 0.29) is 0 Å². The zero-order chi connectivity index (χ0) is 10.4. The fraction of sp³-hybridized carbons (Fsp3) is 0.333. The molecule has 0 radical (unpaired) electrons. The van der Waals surface area contributed by atoms with Crippen molar-refractivity contribution in [2.24, 2.45) is 0 Å². The summed E-state index contributed by atoms with van der Waals surface area (Å²) >= 11 is 5.90. The first-order valence-electron chi connectivity index (χ1n) is 4.86. The maximum Gasteiger partial charge on any atom is 0.0408 e. The molecule has 0 saturated heterocycles. The molecule has 14 heavy (non-hydrogen) atoms. The molecule has 1 aromatic rings. The van der Waals surface area contributed by atoms with Crippen molar-refractivity contribution in [2.75, 3.05) is 6.54 Å². The molecule has 1 rings (SSSR count). The second-order valence-electron chi connectivity index (χ2n) is 3.23. The van der Waals surface area contributed by atoms with Gasteiger partial charge in [0.2, 0.25) is 0 Å². The van der Waals surface area contributed by atoms with Crippen molar-refractivity contribution in [3.63, 3.8) is 0 Å². The highest BCUT2D eigenvalue weighted by Gasteiger charge is 2.03. The summed E-state index contributed by atoms with van der Waals surface area (Å²) in [5.74, 6) is 0. The van der Waals surface area contributed by atoms with Crippen molar-refractivity contribution < 1.29 is 0 Å². The van der Waals surface area contributed by atoms with Crippen LogP contribution in [0.2, 0.25) is 5.02 Å².